The molecule has 0 aliphatic carbocycles. The predicted molar refractivity (Wildman–Crippen MR) is 145 cm³/mol. The second kappa shape index (κ2) is 10.1. The van der Waals surface area contributed by atoms with Crippen LogP contribution < -0.4 is 10.2 Å². The van der Waals surface area contributed by atoms with Crippen molar-refractivity contribution >= 4 is 28.8 Å². The summed E-state index contributed by atoms with van der Waals surface area (Å²) in [7, 11) is 1.53. The molecule has 2 aromatic heterocycles. The Balaban J connectivity index is 1.12. The molecule has 39 heavy (non-hydrogen) atoms. The summed E-state index contributed by atoms with van der Waals surface area (Å²) < 4.78 is 19.9. The minimum absolute atomic E-state index is 0.195. The summed E-state index contributed by atoms with van der Waals surface area (Å²) in [6, 6.07) is 20.7. The van der Waals surface area contributed by atoms with Crippen LogP contribution in [0.1, 0.15) is 20.8 Å². The lowest BCUT2D eigenvalue weighted by Gasteiger charge is -2.34. The number of fused-ring (bicyclic) bond motifs is 1. The molecule has 0 bridgehead atoms. The molecule has 0 atom stereocenters. The first-order valence-corrected chi connectivity index (χ1v) is 12.6. The molecule has 6 rings (SSSR count). The lowest BCUT2D eigenvalue weighted by Crippen LogP contribution is -2.49. The number of aromatic nitrogens is 3. The second-order valence-corrected chi connectivity index (χ2v) is 9.28. The third-order valence-electron chi connectivity index (χ3n) is 6.91. The molecular weight excluding hydrogens is 499 g/mol. The molecule has 1 saturated heterocycles. The zero-order chi connectivity index (χ0) is 26.9. The highest BCUT2D eigenvalue weighted by Gasteiger charge is 2.26. The van der Waals surface area contributed by atoms with Crippen molar-refractivity contribution in [1.29, 1.82) is 0 Å². The third kappa shape index (κ3) is 4.72. The zero-order valence-electron chi connectivity index (χ0n) is 21.1. The molecule has 2 N–H and O–H groups in total. The Morgan fingerprint density at radius 3 is 2.44 bits per heavy atom. The summed E-state index contributed by atoms with van der Waals surface area (Å²) in [6.45, 7) is 2.37. The molecule has 0 saturated carbocycles. The number of aromatic amines is 1. The number of nitrogens with one attached hydrogen (secondary N) is 2. The van der Waals surface area contributed by atoms with Crippen molar-refractivity contribution in [3.8, 4) is 22.5 Å². The number of imidazole rings is 1. The summed E-state index contributed by atoms with van der Waals surface area (Å²) in [6.07, 6.45) is 0. The molecule has 3 heterocycles. The molecule has 1 aliphatic rings. The number of rotatable bonds is 5. The van der Waals surface area contributed by atoms with Crippen LogP contribution in [0.5, 0.6) is 0 Å². The summed E-state index contributed by atoms with van der Waals surface area (Å²) in [5.41, 5.74) is 4.12. The van der Waals surface area contributed by atoms with Gasteiger partial charge < -0.3 is 24.6 Å². The Morgan fingerprint density at radius 1 is 0.949 bits per heavy atom. The normalized spacial score (nSPS) is 13.6. The monoisotopic (exact) mass is 524 g/mol. The Kier molecular flexibility index (Phi) is 6.28. The Bertz CT molecular complexity index is 1640. The van der Waals surface area contributed by atoms with Gasteiger partial charge in [0, 0.05) is 56.0 Å². The van der Waals surface area contributed by atoms with Gasteiger partial charge in [-0.2, -0.15) is 0 Å². The van der Waals surface area contributed by atoms with Crippen molar-refractivity contribution in [3.05, 3.63) is 89.9 Å². The van der Waals surface area contributed by atoms with E-state index in [0.29, 0.717) is 54.2 Å². The summed E-state index contributed by atoms with van der Waals surface area (Å²) in [4.78, 5) is 36.9. The first-order valence-electron chi connectivity index (χ1n) is 12.6. The van der Waals surface area contributed by atoms with E-state index in [4.69, 9.17) is 4.52 Å². The molecule has 0 radical (unpaired) electrons. The van der Waals surface area contributed by atoms with Crippen LogP contribution in [0.4, 0.5) is 10.3 Å². The maximum absolute atomic E-state index is 14.5. The second-order valence-electron chi connectivity index (χ2n) is 9.28. The molecule has 196 valence electrons. The van der Waals surface area contributed by atoms with Gasteiger partial charge >= 0.3 is 0 Å². The van der Waals surface area contributed by atoms with E-state index in [2.05, 4.69) is 25.3 Å². The van der Waals surface area contributed by atoms with E-state index in [0.717, 1.165) is 17.0 Å². The minimum atomic E-state index is -0.427. The van der Waals surface area contributed by atoms with Gasteiger partial charge in [0.2, 0.25) is 5.95 Å². The minimum Gasteiger partial charge on any atom is -0.355 e. The van der Waals surface area contributed by atoms with Crippen LogP contribution in [0.25, 0.3) is 33.5 Å². The fourth-order valence-corrected chi connectivity index (χ4v) is 4.73. The SMILES string of the molecule is CNC(=O)c1ccc(F)c(-c2ccc(-c3cc(C(=O)N4CCN(c5nc6ccccc6[nH]5)CC4)no3)cc2)c1. The van der Waals surface area contributed by atoms with Crippen molar-refractivity contribution in [2.24, 2.45) is 0 Å². The van der Waals surface area contributed by atoms with Gasteiger partial charge in [-0.15, -0.1) is 0 Å². The van der Waals surface area contributed by atoms with E-state index in [9.17, 15) is 14.0 Å². The van der Waals surface area contributed by atoms with Gasteiger partial charge in [0.1, 0.15) is 5.82 Å². The molecule has 9 nitrogen and oxygen atoms in total. The topological polar surface area (TPSA) is 107 Å². The van der Waals surface area contributed by atoms with Crippen LogP contribution >= 0.6 is 0 Å². The largest absolute Gasteiger partial charge is 0.355 e. The fourth-order valence-electron chi connectivity index (χ4n) is 4.73. The van der Waals surface area contributed by atoms with Crippen LogP contribution in [-0.2, 0) is 0 Å². The number of nitrogens with zero attached hydrogens (tertiary/aromatic N) is 4. The predicted octanol–water partition coefficient (Wildman–Crippen LogP) is 4.35. The smallest absolute Gasteiger partial charge is 0.276 e. The number of piperazine rings is 1. The Hall–Kier alpha value is -4.99. The molecule has 1 fully saturated rings. The van der Waals surface area contributed by atoms with Gasteiger partial charge in [-0.1, -0.05) is 41.6 Å². The molecule has 0 unspecified atom stereocenters. The number of carbonyl (C=O) groups excluding carboxylic acids is 2. The van der Waals surface area contributed by atoms with E-state index in [-0.39, 0.29) is 17.5 Å². The van der Waals surface area contributed by atoms with Gasteiger partial charge in [-0.3, -0.25) is 9.59 Å². The lowest BCUT2D eigenvalue weighted by atomic mass is 10.00. The van der Waals surface area contributed by atoms with Crippen molar-refractivity contribution < 1.29 is 18.5 Å². The fraction of sp³-hybridized carbons (Fsp3) is 0.172. The van der Waals surface area contributed by atoms with Crippen LogP contribution in [0.3, 0.4) is 0 Å². The quantitative estimate of drug-likeness (QED) is 0.354. The maximum atomic E-state index is 14.5. The van der Waals surface area contributed by atoms with Crippen LogP contribution in [-0.4, -0.2) is 65.1 Å². The van der Waals surface area contributed by atoms with Crippen molar-refractivity contribution in [2.75, 3.05) is 38.1 Å². The van der Waals surface area contributed by atoms with E-state index >= 15 is 0 Å². The molecule has 0 spiro atoms. The maximum Gasteiger partial charge on any atom is 0.276 e. The lowest BCUT2D eigenvalue weighted by molar-refractivity contribution is 0.0735. The number of amides is 2. The number of halogens is 1. The standard InChI is InChI=1S/C29H25FN6O3/c1-31-27(37)20-10-11-22(30)21(16-20)18-6-8-19(9-7-18)26-17-25(34-39-26)28(38)35-12-14-36(15-13-35)29-32-23-4-2-3-5-24(23)33-29/h2-11,16-17H,12-15H2,1H3,(H,31,37)(H,32,33). The number of para-hydroxylation sites is 2. The van der Waals surface area contributed by atoms with Gasteiger partial charge in [0.25, 0.3) is 11.8 Å². The Labute approximate surface area is 223 Å². The van der Waals surface area contributed by atoms with E-state index in [1.807, 2.05) is 24.3 Å². The summed E-state index contributed by atoms with van der Waals surface area (Å²) in [5, 5.41) is 6.55. The van der Waals surface area contributed by atoms with Crippen LogP contribution in [0.15, 0.2) is 77.3 Å². The van der Waals surface area contributed by atoms with Crippen LogP contribution in [0.2, 0.25) is 0 Å². The molecule has 2 amide bonds. The number of H-pyrrole nitrogens is 1. The van der Waals surface area contributed by atoms with E-state index < -0.39 is 5.82 Å². The number of benzene rings is 3. The highest BCUT2D eigenvalue weighted by atomic mass is 19.1. The summed E-state index contributed by atoms with van der Waals surface area (Å²) >= 11 is 0. The number of hydrogen-bond donors (Lipinski definition) is 2. The zero-order valence-corrected chi connectivity index (χ0v) is 21.1. The van der Waals surface area contributed by atoms with Crippen molar-refractivity contribution in [1.82, 2.24) is 25.3 Å². The van der Waals surface area contributed by atoms with Gasteiger partial charge in [-0.25, -0.2) is 9.37 Å². The molecule has 5 aromatic rings. The average Bonchev–Trinajstić information content (AvgIpc) is 3.65. The molecule has 1 aliphatic heterocycles. The van der Waals surface area contributed by atoms with E-state index in [1.54, 1.807) is 35.2 Å². The molecule has 3 aromatic carbocycles. The van der Waals surface area contributed by atoms with Gasteiger partial charge in [-0.05, 0) is 35.9 Å². The van der Waals surface area contributed by atoms with Gasteiger partial charge in [0.05, 0.1) is 11.0 Å². The third-order valence-corrected chi connectivity index (χ3v) is 6.91. The summed E-state index contributed by atoms with van der Waals surface area (Å²) in [5.74, 6) is 0.325. The van der Waals surface area contributed by atoms with Crippen molar-refractivity contribution in [3.63, 3.8) is 0 Å². The molecule has 10 heteroatoms. The number of hydrogen-bond acceptors (Lipinski definition) is 6. The first-order chi connectivity index (χ1) is 19.0. The van der Waals surface area contributed by atoms with Crippen LogP contribution in [0, 0.1) is 5.82 Å². The highest BCUT2D eigenvalue weighted by molar-refractivity contribution is 5.95. The number of anilines is 1. The first kappa shape index (κ1) is 24.4. The Morgan fingerprint density at radius 2 is 1.69 bits per heavy atom. The van der Waals surface area contributed by atoms with Gasteiger partial charge in [0.15, 0.2) is 11.5 Å². The average molecular weight is 525 g/mol. The van der Waals surface area contributed by atoms with Crippen molar-refractivity contribution in [2.45, 2.75) is 0 Å². The highest BCUT2D eigenvalue weighted by Crippen LogP contribution is 2.28. The number of carbonyl (C=O) groups is 2. The van der Waals surface area contributed by atoms with E-state index in [1.165, 1.54) is 25.2 Å². The molecular formula is C29H25FN6O3.